The van der Waals surface area contributed by atoms with Crippen molar-refractivity contribution in [1.82, 2.24) is 0 Å². The summed E-state index contributed by atoms with van der Waals surface area (Å²) in [7, 11) is 0. The van der Waals surface area contributed by atoms with Crippen molar-refractivity contribution in [2.45, 2.75) is 20.0 Å². The van der Waals surface area contributed by atoms with E-state index in [9.17, 15) is 9.59 Å². The summed E-state index contributed by atoms with van der Waals surface area (Å²) in [4.78, 5) is 21.8. The lowest BCUT2D eigenvalue weighted by Crippen LogP contribution is -2.14. The molecule has 86 valence electrons. The maximum atomic E-state index is 10.9. The van der Waals surface area contributed by atoms with Crippen LogP contribution in [0.2, 0.25) is 0 Å². The number of carboxylic acid groups (broad SMARTS) is 1. The zero-order valence-corrected chi connectivity index (χ0v) is 9.06. The smallest absolute Gasteiger partial charge is 0.339 e. The van der Waals surface area contributed by atoms with E-state index in [0.29, 0.717) is 0 Å². The number of ether oxygens (including phenoxy) is 1. The number of carbonyl (C=O) groups is 2. The molecule has 0 aliphatic rings. The maximum Gasteiger partial charge on any atom is 0.339 e. The van der Waals surface area contributed by atoms with Gasteiger partial charge in [0.15, 0.2) is 0 Å². The normalized spacial score (nSPS) is 10.2. The summed E-state index contributed by atoms with van der Waals surface area (Å²) in [5, 5.41) is 8.95. The molecule has 3 N–H and O–H groups in total. The molecule has 0 heterocycles. The van der Waals surface area contributed by atoms with Crippen molar-refractivity contribution >= 4 is 11.9 Å². The number of rotatable bonds is 4. The summed E-state index contributed by atoms with van der Waals surface area (Å²) in [5.41, 5.74) is 5.14. The molecule has 0 bridgehead atoms. The van der Waals surface area contributed by atoms with Gasteiger partial charge >= 0.3 is 5.97 Å². The Bertz CT molecular complexity index is 426. The number of hydrogen-bond acceptors (Lipinski definition) is 3. The average Bonchev–Trinajstić information content (AvgIpc) is 2.16. The van der Waals surface area contributed by atoms with Crippen molar-refractivity contribution in [3.8, 4) is 5.75 Å². The van der Waals surface area contributed by atoms with Crippen LogP contribution >= 0.6 is 0 Å². The molecule has 0 fully saturated rings. The van der Waals surface area contributed by atoms with Crippen molar-refractivity contribution in [2.24, 2.45) is 5.73 Å². The van der Waals surface area contributed by atoms with E-state index in [1.165, 1.54) is 18.2 Å². The Morgan fingerprint density at radius 1 is 1.38 bits per heavy atom. The van der Waals surface area contributed by atoms with Crippen LogP contribution in [-0.4, -0.2) is 23.1 Å². The fourth-order valence-corrected chi connectivity index (χ4v) is 1.21. The minimum atomic E-state index is -1.15. The lowest BCUT2D eigenvalue weighted by molar-refractivity contribution is 0.0690. The van der Waals surface area contributed by atoms with Gasteiger partial charge in [0.1, 0.15) is 11.3 Å². The van der Waals surface area contributed by atoms with Crippen LogP contribution in [0.5, 0.6) is 5.75 Å². The highest BCUT2D eigenvalue weighted by Crippen LogP contribution is 2.21. The van der Waals surface area contributed by atoms with Crippen molar-refractivity contribution < 1.29 is 19.4 Å². The first kappa shape index (κ1) is 12.0. The first-order valence-electron chi connectivity index (χ1n) is 4.75. The molecule has 16 heavy (non-hydrogen) atoms. The molecule has 0 saturated carbocycles. The predicted octanol–water partition coefficient (Wildman–Crippen LogP) is 1.27. The lowest BCUT2D eigenvalue weighted by Gasteiger charge is -2.12. The fourth-order valence-electron chi connectivity index (χ4n) is 1.21. The third kappa shape index (κ3) is 2.73. The summed E-state index contributed by atoms with van der Waals surface area (Å²) in [6, 6.07) is 4.08. The van der Waals surface area contributed by atoms with Crippen LogP contribution in [0.25, 0.3) is 0 Å². The molecule has 0 unspecified atom stereocenters. The van der Waals surface area contributed by atoms with Crippen LogP contribution < -0.4 is 10.5 Å². The first-order valence-corrected chi connectivity index (χ1v) is 4.75. The number of hydrogen-bond donors (Lipinski definition) is 2. The Hall–Kier alpha value is -2.04. The Labute approximate surface area is 92.8 Å². The second-order valence-electron chi connectivity index (χ2n) is 3.55. The van der Waals surface area contributed by atoms with Gasteiger partial charge in [-0.2, -0.15) is 0 Å². The fraction of sp³-hybridized carbons (Fsp3) is 0.273. The molecule has 0 saturated heterocycles. The molecule has 0 aliphatic carbocycles. The van der Waals surface area contributed by atoms with Gasteiger partial charge in [0, 0.05) is 5.56 Å². The number of primary amides is 1. The number of carboxylic acids is 1. The summed E-state index contributed by atoms with van der Waals surface area (Å²) < 4.78 is 5.31. The Kier molecular flexibility index (Phi) is 3.50. The van der Waals surface area contributed by atoms with E-state index in [4.69, 9.17) is 15.6 Å². The van der Waals surface area contributed by atoms with Crippen molar-refractivity contribution in [3.05, 3.63) is 29.3 Å². The largest absolute Gasteiger partial charge is 0.490 e. The maximum absolute atomic E-state index is 10.9. The second-order valence-corrected chi connectivity index (χ2v) is 3.55. The highest BCUT2D eigenvalue weighted by atomic mass is 16.5. The van der Waals surface area contributed by atoms with E-state index in [-0.39, 0.29) is 23.0 Å². The minimum Gasteiger partial charge on any atom is -0.490 e. The molecule has 1 aromatic carbocycles. The molecular formula is C11H13NO4. The molecule has 1 rings (SSSR count). The highest BCUT2D eigenvalue weighted by molar-refractivity contribution is 5.98. The molecule has 1 aromatic rings. The van der Waals surface area contributed by atoms with Gasteiger partial charge < -0.3 is 15.6 Å². The van der Waals surface area contributed by atoms with Gasteiger partial charge in [-0.05, 0) is 32.0 Å². The Balaban J connectivity index is 3.19. The van der Waals surface area contributed by atoms with E-state index in [1.54, 1.807) is 13.8 Å². The topological polar surface area (TPSA) is 89.6 Å². The molecular weight excluding hydrogens is 210 g/mol. The van der Waals surface area contributed by atoms with Crippen LogP contribution in [0.1, 0.15) is 34.6 Å². The molecule has 0 spiro atoms. The summed E-state index contributed by atoms with van der Waals surface area (Å²) in [6.45, 7) is 3.57. The zero-order valence-electron chi connectivity index (χ0n) is 9.06. The predicted molar refractivity (Wildman–Crippen MR) is 57.7 cm³/mol. The minimum absolute atomic E-state index is 0.0648. The van der Waals surface area contributed by atoms with Crippen molar-refractivity contribution in [2.75, 3.05) is 0 Å². The van der Waals surface area contributed by atoms with E-state index >= 15 is 0 Å². The standard InChI is InChI=1S/C11H13NO4/c1-6(2)16-9-4-3-7(10(12)13)5-8(9)11(14)15/h3-6H,1-2H3,(H2,12,13)(H,14,15). The molecule has 0 atom stereocenters. The Morgan fingerprint density at radius 3 is 2.44 bits per heavy atom. The molecule has 1 amide bonds. The first-order chi connectivity index (χ1) is 7.41. The molecule has 5 heteroatoms. The van der Waals surface area contributed by atoms with E-state index in [1.807, 2.05) is 0 Å². The van der Waals surface area contributed by atoms with E-state index < -0.39 is 11.9 Å². The monoisotopic (exact) mass is 223 g/mol. The summed E-state index contributed by atoms with van der Waals surface area (Å²) in [5.74, 6) is -1.59. The summed E-state index contributed by atoms with van der Waals surface area (Å²) in [6.07, 6.45) is -0.141. The van der Waals surface area contributed by atoms with Gasteiger partial charge in [-0.3, -0.25) is 4.79 Å². The van der Waals surface area contributed by atoms with Crippen LogP contribution in [0, 0.1) is 0 Å². The van der Waals surface area contributed by atoms with Crippen molar-refractivity contribution in [3.63, 3.8) is 0 Å². The van der Waals surface area contributed by atoms with Crippen LogP contribution in [0.3, 0.4) is 0 Å². The highest BCUT2D eigenvalue weighted by Gasteiger charge is 2.14. The number of benzene rings is 1. The van der Waals surface area contributed by atoms with E-state index in [0.717, 1.165) is 0 Å². The van der Waals surface area contributed by atoms with Gasteiger partial charge in [0.05, 0.1) is 6.10 Å². The molecule has 0 aliphatic heterocycles. The lowest BCUT2D eigenvalue weighted by atomic mass is 10.1. The van der Waals surface area contributed by atoms with Crippen LogP contribution in [-0.2, 0) is 0 Å². The number of carbonyl (C=O) groups excluding carboxylic acids is 1. The van der Waals surface area contributed by atoms with Crippen molar-refractivity contribution in [1.29, 1.82) is 0 Å². The Morgan fingerprint density at radius 2 is 2.00 bits per heavy atom. The van der Waals surface area contributed by atoms with Gasteiger partial charge in [-0.1, -0.05) is 0 Å². The number of aromatic carboxylic acids is 1. The summed E-state index contributed by atoms with van der Waals surface area (Å²) >= 11 is 0. The van der Waals surface area contributed by atoms with Crippen LogP contribution in [0.15, 0.2) is 18.2 Å². The zero-order chi connectivity index (χ0) is 12.3. The molecule has 0 radical (unpaired) electrons. The quantitative estimate of drug-likeness (QED) is 0.804. The molecule has 5 nitrogen and oxygen atoms in total. The third-order valence-electron chi connectivity index (χ3n) is 1.86. The molecule has 0 aromatic heterocycles. The number of amides is 1. The SMILES string of the molecule is CC(C)Oc1ccc(C(N)=O)cc1C(=O)O. The van der Waals surface area contributed by atoms with Crippen LogP contribution in [0.4, 0.5) is 0 Å². The van der Waals surface area contributed by atoms with Gasteiger partial charge in [-0.15, -0.1) is 0 Å². The number of nitrogens with two attached hydrogens (primary N) is 1. The van der Waals surface area contributed by atoms with Gasteiger partial charge in [-0.25, -0.2) is 4.79 Å². The van der Waals surface area contributed by atoms with Gasteiger partial charge in [0.2, 0.25) is 5.91 Å². The third-order valence-corrected chi connectivity index (χ3v) is 1.86. The average molecular weight is 223 g/mol. The van der Waals surface area contributed by atoms with E-state index in [2.05, 4.69) is 0 Å². The second kappa shape index (κ2) is 4.65. The van der Waals surface area contributed by atoms with Gasteiger partial charge in [0.25, 0.3) is 0 Å².